The Kier molecular flexibility index (Phi) is 8.46. The summed E-state index contributed by atoms with van der Waals surface area (Å²) in [6.07, 6.45) is 12.3. The molecule has 0 aliphatic heterocycles. The molecule has 2 unspecified atom stereocenters. The van der Waals surface area contributed by atoms with Crippen molar-refractivity contribution in [2.24, 2.45) is 0 Å². The Bertz CT molecular complexity index is 1500. The van der Waals surface area contributed by atoms with Crippen LogP contribution in [0.5, 0.6) is 0 Å². The second-order valence-corrected chi connectivity index (χ2v) is 10.3. The normalized spacial score (nSPS) is 17.3. The molecule has 0 bridgehead atoms. The van der Waals surface area contributed by atoms with Crippen molar-refractivity contribution in [3.63, 3.8) is 0 Å². The molecular weight excluding hydrogens is 504 g/mol. The van der Waals surface area contributed by atoms with E-state index >= 15 is 0 Å². The van der Waals surface area contributed by atoms with Crippen molar-refractivity contribution < 1.29 is 9.59 Å². The molecule has 0 saturated heterocycles. The number of fused-ring (bicyclic) bond motifs is 1. The summed E-state index contributed by atoms with van der Waals surface area (Å²) in [6, 6.07) is 13.2. The number of nitrogens with one attached hydrogen (secondary N) is 4. The van der Waals surface area contributed by atoms with Crippen LogP contribution in [-0.2, 0) is 4.79 Å². The molecule has 206 valence electrons. The van der Waals surface area contributed by atoms with Gasteiger partial charge in [0.2, 0.25) is 5.91 Å². The van der Waals surface area contributed by atoms with Gasteiger partial charge >= 0.3 is 0 Å². The van der Waals surface area contributed by atoms with Crippen molar-refractivity contribution in [1.82, 2.24) is 30.2 Å². The van der Waals surface area contributed by atoms with Crippen LogP contribution in [0.1, 0.15) is 36.0 Å². The Hall–Kier alpha value is -4.57. The minimum atomic E-state index is -0.200. The molecule has 2 atom stereocenters. The zero-order chi connectivity index (χ0) is 27.9. The van der Waals surface area contributed by atoms with E-state index in [-0.39, 0.29) is 23.9 Å². The van der Waals surface area contributed by atoms with Crippen LogP contribution in [0.2, 0.25) is 0 Å². The van der Waals surface area contributed by atoms with Crippen LogP contribution in [0, 0.1) is 0 Å². The van der Waals surface area contributed by atoms with Crippen molar-refractivity contribution in [2.45, 2.75) is 37.8 Å². The van der Waals surface area contributed by atoms with Gasteiger partial charge in [0.1, 0.15) is 17.8 Å². The van der Waals surface area contributed by atoms with E-state index in [0.717, 1.165) is 53.8 Å². The third-order valence-electron chi connectivity index (χ3n) is 6.88. The van der Waals surface area contributed by atoms with Gasteiger partial charge in [0.25, 0.3) is 5.91 Å². The highest BCUT2D eigenvalue weighted by atomic mass is 16.2. The lowest BCUT2D eigenvalue weighted by atomic mass is 9.90. The van der Waals surface area contributed by atoms with E-state index in [0.29, 0.717) is 17.8 Å². The number of nitrogens with zero attached hydrogens (tertiary/aromatic N) is 4. The number of aromatic nitrogens is 4. The standard InChI is InChI=1S/C30H34N8O2/c1-38(2)14-4-7-28(39)36-23-10-8-20(9-11-23)30(40)37-25-6-3-5-24(16-25)35-27-17-26(33-19-34-27)22-15-21-12-13-31-29(21)32-18-22/h4,7-13,15,17-19,24-25H,3,5-6,14,16H2,1-2H3,(H,31,32)(H,36,39)(H,37,40)(H,33,34,35)/b7-4+. The first-order chi connectivity index (χ1) is 19.4. The zero-order valence-corrected chi connectivity index (χ0v) is 22.7. The summed E-state index contributed by atoms with van der Waals surface area (Å²) in [7, 11) is 3.88. The van der Waals surface area contributed by atoms with Crippen molar-refractivity contribution in [1.29, 1.82) is 0 Å². The molecule has 10 heteroatoms. The minimum absolute atomic E-state index is 0.0569. The third-order valence-corrected chi connectivity index (χ3v) is 6.88. The summed E-state index contributed by atoms with van der Waals surface area (Å²) in [5.41, 5.74) is 3.78. The van der Waals surface area contributed by atoms with Crippen LogP contribution >= 0.6 is 0 Å². The number of carbonyl (C=O) groups excluding carboxylic acids is 2. The fourth-order valence-corrected chi connectivity index (χ4v) is 4.86. The predicted octanol–water partition coefficient (Wildman–Crippen LogP) is 4.23. The molecule has 1 fully saturated rings. The van der Waals surface area contributed by atoms with E-state index in [1.165, 1.54) is 6.08 Å². The zero-order valence-electron chi connectivity index (χ0n) is 22.7. The second kappa shape index (κ2) is 12.5. The summed E-state index contributed by atoms with van der Waals surface area (Å²) in [6.45, 7) is 0.688. The number of amides is 2. The first-order valence-corrected chi connectivity index (χ1v) is 13.5. The van der Waals surface area contributed by atoms with Gasteiger partial charge in [0.15, 0.2) is 0 Å². The van der Waals surface area contributed by atoms with Gasteiger partial charge in [-0.15, -0.1) is 0 Å². The molecule has 10 nitrogen and oxygen atoms in total. The molecular formula is C30H34N8O2. The first kappa shape index (κ1) is 27.0. The van der Waals surface area contributed by atoms with Crippen molar-refractivity contribution in [2.75, 3.05) is 31.3 Å². The number of hydrogen-bond donors (Lipinski definition) is 4. The molecule has 4 N–H and O–H groups in total. The van der Waals surface area contributed by atoms with E-state index in [1.54, 1.807) is 42.9 Å². The molecule has 1 aliphatic rings. The summed E-state index contributed by atoms with van der Waals surface area (Å²) >= 11 is 0. The number of pyridine rings is 1. The van der Waals surface area contributed by atoms with Crippen molar-refractivity contribution in [3.05, 3.63) is 78.9 Å². The lowest BCUT2D eigenvalue weighted by Crippen LogP contribution is -2.41. The van der Waals surface area contributed by atoms with Gasteiger partial charge in [-0.05, 0) is 76.2 Å². The lowest BCUT2D eigenvalue weighted by Gasteiger charge is -2.30. The fourth-order valence-electron chi connectivity index (χ4n) is 4.86. The SMILES string of the molecule is CN(C)C/C=C/C(=O)Nc1ccc(C(=O)NC2CCCC(Nc3cc(-c4cnc5[nH]ccc5c4)ncn3)C2)cc1. The number of carbonyl (C=O) groups is 2. The van der Waals surface area contributed by atoms with Crippen molar-refractivity contribution in [3.8, 4) is 11.3 Å². The molecule has 1 aromatic carbocycles. The van der Waals surface area contributed by atoms with Crippen LogP contribution in [0.4, 0.5) is 11.5 Å². The quantitative estimate of drug-likeness (QED) is 0.235. The van der Waals surface area contributed by atoms with E-state index in [1.807, 2.05) is 37.3 Å². The van der Waals surface area contributed by atoms with Crippen molar-refractivity contribution >= 4 is 34.4 Å². The summed E-state index contributed by atoms with van der Waals surface area (Å²) in [5.74, 6) is 0.436. The van der Waals surface area contributed by atoms with Gasteiger partial charge in [0, 0.05) is 65.4 Å². The average Bonchev–Trinajstić information content (AvgIpc) is 3.42. The Labute approximate surface area is 233 Å². The molecule has 0 radical (unpaired) electrons. The number of rotatable bonds is 9. The number of benzene rings is 1. The number of anilines is 2. The molecule has 2 amide bonds. The molecule has 0 spiro atoms. The van der Waals surface area contributed by atoms with E-state index in [2.05, 4.69) is 42.0 Å². The molecule has 1 saturated carbocycles. The van der Waals surface area contributed by atoms with Crippen LogP contribution in [0.15, 0.2) is 73.3 Å². The summed E-state index contributed by atoms with van der Waals surface area (Å²) < 4.78 is 0. The molecule has 4 aromatic rings. The first-order valence-electron chi connectivity index (χ1n) is 13.5. The van der Waals surface area contributed by atoms with Gasteiger partial charge < -0.3 is 25.8 Å². The molecule has 40 heavy (non-hydrogen) atoms. The Morgan fingerprint density at radius 3 is 2.70 bits per heavy atom. The Morgan fingerprint density at radius 2 is 1.88 bits per heavy atom. The van der Waals surface area contributed by atoms with E-state index in [9.17, 15) is 9.59 Å². The number of hydrogen-bond acceptors (Lipinski definition) is 7. The third kappa shape index (κ3) is 7.09. The van der Waals surface area contributed by atoms with E-state index < -0.39 is 0 Å². The summed E-state index contributed by atoms with van der Waals surface area (Å²) in [4.78, 5) is 43.4. The molecule has 3 heterocycles. The number of likely N-dealkylation sites (N-methyl/N-ethyl adjacent to an activating group) is 1. The number of aromatic amines is 1. The largest absolute Gasteiger partial charge is 0.367 e. The van der Waals surface area contributed by atoms with Gasteiger partial charge in [-0.1, -0.05) is 6.08 Å². The second-order valence-electron chi connectivity index (χ2n) is 10.3. The van der Waals surface area contributed by atoms with Gasteiger partial charge in [-0.2, -0.15) is 0 Å². The molecule has 3 aromatic heterocycles. The maximum atomic E-state index is 12.9. The Balaban J connectivity index is 1.14. The molecule has 5 rings (SSSR count). The monoisotopic (exact) mass is 538 g/mol. The van der Waals surface area contributed by atoms with Gasteiger partial charge in [-0.3, -0.25) is 9.59 Å². The highest BCUT2D eigenvalue weighted by Crippen LogP contribution is 2.25. The minimum Gasteiger partial charge on any atom is -0.367 e. The smallest absolute Gasteiger partial charge is 0.251 e. The van der Waals surface area contributed by atoms with Crippen LogP contribution in [-0.4, -0.2) is 69.4 Å². The predicted molar refractivity (Wildman–Crippen MR) is 157 cm³/mol. The highest BCUT2D eigenvalue weighted by molar-refractivity contribution is 6.00. The maximum absolute atomic E-state index is 12.9. The van der Waals surface area contributed by atoms with Crippen LogP contribution in [0.3, 0.4) is 0 Å². The highest BCUT2D eigenvalue weighted by Gasteiger charge is 2.24. The van der Waals surface area contributed by atoms with E-state index in [4.69, 9.17) is 0 Å². The Morgan fingerprint density at radius 1 is 1.05 bits per heavy atom. The maximum Gasteiger partial charge on any atom is 0.251 e. The molecule has 1 aliphatic carbocycles. The number of H-pyrrole nitrogens is 1. The summed E-state index contributed by atoms with van der Waals surface area (Å²) in [5, 5.41) is 10.6. The van der Waals surface area contributed by atoms with Gasteiger partial charge in [-0.25, -0.2) is 15.0 Å². The topological polar surface area (TPSA) is 128 Å². The van der Waals surface area contributed by atoms with Crippen LogP contribution < -0.4 is 16.0 Å². The average molecular weight is 539 g/mol. The fraction of sp³-hybridized carbons (Fsp3) is 0.300. The van der Waals surface area contributed by atoms with Crippen LogP contribution in [0.25, 0.3) is 22.3 Å². The van der Waals surface area contributed by atoms with Gasteiger partial charge in [0.05, 0.1) is 5.69 Å². The lowest BCUT2D eigenvalue weighted by molar-refractivity contribution is -0.111.